The van der Waals surface area contributed by atoms with E-state index in [1.54, 1.807) is 6.08 Å². The minimum absolute atomic E-state index is 0.0956. The summed E-state index contributed by atoms with van der Waals surface area (Å²) >= 11 is 0. The molecule has 0 amide bonds. The number of carboxylic acid groups (broad SMARTS) is 1. The maximum atomic E-state index is 13.0. The first kappa shape index (κ1) is 26.3. The van der Waals surface area contributed by atoms with Gasteiger partial charge in [-0.2, -0.15) is 0 Å². The molecule has 2 aromatic rings. The monoisotopic (exact) mass is 529 g/mol. The Bertz CT molecular complexity index is 1190. The predicted octanol–water partition coefficient (Wildman–Crippen LogP) is 5.94. The van der Waals surface area contributed by atoms with Gasteiger partial charge in [-0.1, -0.05) is 30.3 Å². The molecular formula is C33H39NO5. The maximum Gasteiger partial charge on any atom is 0.328 e. The van der Waals surface area contributed by atoms with Crippen molar-refractivity contribution in [3.63, 3.8) is 0 Å². The highest BCUT2D eigenvalue weighted by Gasteiger charge is 2.52. The summed E-state index contributed by atoms with van der Waals surface area (Å²) < 4.78 is 11.6. The number of morpholine rings is 1. The van der Waals surface area contributed by atoms with E-state index in [0.29, 0.717) is 6.42 Å². The number of hydrogen-bond acceptors (Lipinski definition) is 5. The Balaban J connectivity index is 1.24. The Morgan fingerprint density at radius 2 is 1.59 bits per heavy atom. The molecule has 0 atom stereocenters. The molecule has 1 heterocycles. The fourth-order valence-electron chi connectivity index (χ4n) is 8.05. The molecule has 0 aromatic heterocycles. The molecule has 1 aliphatic heterocycles. The van der Waals surface area contributed by atoms with Crippen molar-refractivity contribution in [2.75, 3.05) is 32.8 Å². The van der Waals surface area contributed by atoms with Crippen LogP contribution in [0.3, 0.4) is 0 Å². The molecule has 39 heavy (non-hydrogen) atoms. The van der Waals surface area contributed by atoms with Gasteiger partial charge in [0.15, 0.2) is 0 Å². The number of esters is 1. The molecular weight excluding hydrogens is 490 g/mol. The van der Waals surface area contributed by atoms with Crippen molar-refractivity contribution in [3.8, 4) is 16.9 Å². The Labute approximate surface area is 231 Å². The summed E-state index contributed by atoms with van der Waals surface area (Å²) in [6, 6.07) is 14.3. The SMILES string of the molecule is O=C(O)/C=C/c1ccc(-c2ccc(OC(=O)CCCN3CCOCC3)c(C34CC5CC(CC(C5)C3)C4)c2)cc1. The van der Waals surface area contributed by atoms with E-state index in [2.05, 4.69) is 17.0 Å². The van der Waals surface area contributed by atoms with Crippen LogP contribution in [0.25, 0.3) is 17.2 Å². The highest BCUT2D eigenvalue weighted by atomic mass is 16.5. The summed E-state index contributed by atoms with van der Waals surface area (Å²) in [5, 5.41) is 8.92. The van der Waals surface area contributed by atoms with Crippen LogP contribution in [-0.2, 0) is 19.7 Å². The third-order valence-corrected chi connectivity index (χ3v) is 9.43. The molecule has 5 fully saturated rings. The highest BCUT2D eigenvalue weighted by molar-refractivity contribution is 5.85. The number of carbonyl (C=O) groups excluding carboxylic acids is 1. The number of nitrogens with zero attached hydrogens (tertiary/aromatic N) is 1. The van der Waals surface area contributed by atoms with Crippen LogP contribution < -0.4 is 4.74 Å². The number of hydrogen-bond donors (Lipinski definition) is 1. The third kappa shape index (κ3) is 5.97. The molecule has 1 saturated heterocycles. The molecule has 7 rings (SSSR count). The summed E-state index contributed by atoms with van der Waals surface area (Å²) in [6.07, 6.45) is 11.7. The van der Waals surface area contributed by atoms with E-state index >= 15 is 0 Å². The van der Waals surface area contributed by atoms with Gasteiger partial charge in [0.1, 0.15) is 5.75 Å². The third-order valence-electron chi connectivity index (χ3n) is 9.43. The van der Waals surface area contributed by atoms with Crippen LogP contribution in [0.4, 0.5) is 0 Å². The first-order chi connectivity index (χ1) is 19.0. The van der Waals surface area contributed by atoms with Crippen molar-refractivity contribution < 1.29 is 24.2 Å². The number of ether oxygens (including phenoxy) is 2. The van der Waals surface area contributed by atoms with E-state index in [4.69, 9.17) is 14.6 Å². The Morgan fingerprint density at radius 3 is 2.23 bits per heavy atom. The minimum atomic E-state index is -0.953. The van der Waals surface area contributed by atoms with Crippen LogP contribution >= 0.6 is 0 Å². The van der Waals surface area contributed by atoms with Crippen LogP contribution in [0.2, 0.25) is 0 Å². The van der Waals surface area contributed by atoms with E-state index in [1.807, 2.05) is 30.3 Å². The zero-order valence-electron chi connectivity index (χ0n) is 22.6. The highest BCUT2D eigenvalue weighted by Crippen LogP contribution is 2.62. The Morgan fingerprint density at radius 1 is 0.949 bits per heavy atom. The van der Waals surface area contributed by atoms with Gasteiger partial charge in [-0.25, -0.2) is 4.79 Å². The molecule has 206 valence electrons. The average molecular weight is 530 g/mol. The number of carboxylic acids is 1. The minimum Gasteiger partial charge on any atom is -0.478 e. The summed E-state index contributed by atoms with van der Waals surface area (Å²) in [5.74, 6) is 2.02. The van der Waals surface area contributed by atoms with Gasteiger partial charge in [-0.05, 0) is 110 Å². The first-order valence-electron chi connectivity index (χ1n) is 14.6. The van der Waals surface area contributed by atoms with Gasteiger partial charge >= 0.3 is 11.9 Å². The standard InChI is InChI=1S/C33H39NO5/c35-31(36)10-5-23-3-6-27(7-4-23)28-8-9-30(39-32(37)2-1-11-34-12-14-38-15-13-34)29(19-28)33-20-24-16-25(21-33)18-26(17-24)22-33/h3-10,19,24-26H,1-2,11-18,20-22H2,(H,35,36)/b10-5+. The second-order valence-electron chi connectivity index (χ2n) is 12.2. The normalized spacial score (nSPS) is 28.2. The van der Waals surface area contributed by atoms with Gasteiger partial charge in [-0.15, -0.1) is 0 Å². The molecule has 0 unspecified atom stereocenters. The zero-order valence-corrected chi connectivity index (χ0v) is 22.6. The second kappa shape index (κ2) is 11.3. The molecule has 4 aliphatic carbocycles. The number of aliphatic carboxylic acids is 1. The smallest absolute Gasteiger partial charge is 0.328 e. The maximum absolute atomic E-state index is 13.0. The Kier molecular flexibility index (Phi) is 7.59. The lowest BCUT2D eigenvalue weighted by atomic mass is 9.48. The van der Waals surface area contributed by atoms with Crippen LogP contribution in [0, 0.1) is 17.8 Å². The molecule has 0 spiro atoms. The first-order valence-corrected chi connectivity index (χ1v) is 14.6. The van der Waals surface area contributed by atoms with Crippen molar-refractivity contribution >= 4 is 18.0 Å². The van der Waals surface area contributed by atoms with Crippen LogP contribution in [-0.4, -0.2) is 54.8 Å². The fourth-order valence-corrected chi connectivity index (χ4v) is 8.05. The van der Waals surface area contributed by atoms with Crippen LogP contribution in [0.1, 0.15) is 62.5 Å². The number of benzene rings is 2. The largest absolute Gasteiger partial charge is 0.478 e. The van der Waals surface area contributed by atoms with Gasteiger partial charge < -0.3 is 14.6 Å². The van der Waals surface area contributed by atoms with Gasteiger partial charge in [0.05, 0.1) is 13.2 Å². The molecule has 5 aliphatic rings. The summed E-state index contributed by atoms with van der Waals surface area (Å²) in [6.45, 7) is 4.31. The van der Waals surface area contributed by atoms with Crippen molar-refractivity contribution in [1.29, 1.82) is 0 Å². The predicted molar refractivity (Wildman–Crippen MR) is 151 cm³/mol. The van der Waals surface area contributed by atoms with Crippen molar-refractivity contribution in [1.82, 2.24) is 4.90 Å². The molecule has 0 radical (unpaired) electrons. The molecule has 6 nitrogen and oxygen atoms in total. The van der Waals surface area contributed by atoms with E-state index in [1.165, 1.54) is 44.1 Å². The molecule has 6 heteroatoms. The van der Waals surface area contributed by atoms with Gasteiger partial charge in [0.2, 0.25) is 0 Å². The van der Waals surface area contributed by atoms with E-state index in [-0.39, 0.29) is 11.4 Å². The van der Waals surface area contributed by atoms with E-state index in [0.717, 1.165) is 85.5 Å². The molecule has 4 bridgehead atoms. The quantitative estimate of drug-likeness (QED) is 0.246. The van der Waals surface area contributed by atoms with E-state index < -0.39 is 5.97 Å². The van der Waals surface area contributed by atoms with Crippen LogP contribution in [0.5, 0.6) is 5.75 Å². The lowest BCUT2D eigenvalue weighted by Gasteiger charge is -2.57. The second-order valence-corrected chi connectivity index (χ2v) is 12.2. The Hall–Kier alpha value is -2.96. The molecule has 4 saturated carbocycles. The van der Waals surface area contributed by atoms with Crippen LogP contribution in [0.15, 0.2) is 48.5 Å². The summed E-state index contributed by atoms with van der Waals surface area (Å²) in [7, 11) is 0. The van der Waals surface area contributed by atoms with Gasteiger partial charge in [0, 0.05) is 31.1 Å². The average Bonchev–Trinajstić information content (AvgIpc) is 2.92. The summed E-state index contributed by atoms with van der Waals surface area (Å²) in [4.78, 5) is 26.2. The lowest BCUT2D eigenvalue weighted by molar-refractivity contribution is -0.135. The van der Waals surface area contributed by atoms with Gasteiger partial charge in [-0.3, -0.25) is 9.69 Å². The van der Waals surface area contributed by atoms with Gasteiger partial charge in [0.25, 0.3) is 0 Å². The molecule has 1 N–H and O–H groups in total. The summed E-state index contributed by atoms with van der Waals surface area (Å²) in [5.41, 5.74) is 4.36. The lowest BCUT2D eigenvalue weighted by Crippen LogP contribution is -2.48. The number of rotatable bonds is 9. The topological polar surface area (TPSA) is 76.1 Å². The molecule has 2 aromatic carbocycles. The zero-order chi connectivity index (χ0) is 26.8. The fraction of sp³-hybridized carbons (Fsp3) is 0.515. The van der Waals surface area contributed by atoms with E-state index in [9.17, 15) is 9.59 Å². The van der Waals surface area contributed by atoms with Crippen molar-refractivity contribution in [2.45, 2.75) is 56.8 Å². The van der Waals surface area contributed by atoms with Crippen molar-refractivity contribution in [2.24, 2.45) is 17.8 Å². The number of carbonyl (C=O) groups is 2. The van der Waals surface area contributed by atoms with Crippen molar-refractivity contribution in [3.05, 3.63) is 59.7 Å².